The van der Waals surface area contributed by atoms with Crippen LogP contribution < -0.4 is 16.2 Å². The van der Waals surface area contributed by atoms with Crippen LogP contribution in [0.15, 0.2) is 35.4 Å². The fourth-order valence-electron chi connectivity index (χ4n) is 7.31. The lowest BCUT2D eigenvalue weighted by Gasteiger charge is -2.29. The topological polar surface area (TPSA) is 174 Å². The van der Waals surface area contributed by atoms with Crippen molar-refractivity contribution >= 4 is 40.5 Å². The van der Waals surface area contributed by atoms with Gasteiger partial charge in [0, 0.05) is 48.6 Å². The molecule has 3 aliphatic rings. The molecule has 51 heavy (non-hydrogen) atoms. The van der Waals surface area contributed by atoms with E-state index < -0.39 is 35.2 Å². The van der Waals surface area contributed by atoms with Crippen LogP contribution >= 0.6 is 11.6 Å². The number of likely N-dealkylation sites (tertiary alicyclic amines) is 1. The third-order valence-electron chi connectivity index (χ3n) is 9.80. The number of alkyl halides is 3. The number of aromatic nitrogens is 6. The first-order valence-corrected chi connectivity index (χ1v) is 16.7. The number of benzene rings is 1. The molecule has 2 saturated heterocycles. The van der Waals surface area contributed by atoms with Crippen molar-refractivity contribution in [3.63, 3.8) is 0 Å². The molecule has 268 valence electrons. The Morgan fingerprint density at radius 2 is 1.88 bits per heavy atom. The van der Waals surface area contributed by atoms with Crippen molar-refractivity contribution in [2.75, 3.05) is 44.3 Å². The Hall–Kier alpha value is -5.03. The predicted molar refractivity (Wildman–Crippen MR) is 177 cm³/mol. The van der Waals surface area contributed by atoms with Crippen molar-refractivity contribution in [3.8, 4) is 5.75 Å². The maximum Gasteiger partial charge on any atom is 0.416 e. The summed E-state index contributed by atoms with van der Waals surface area (Å²) in [4.78, 5) is 57.2. The fourth-order valence-corrected chi connectivity index (χ4v) is 7.59. The number of carbonyl (C=O) groups is 2. The highest BCUT2D eigenvalue weighted by molar-refractivity contribution is 6.31. The zero-order valence-corrected chi connectivity index (χ0v) is 28.3. The van der Waals surface area contributed by atoms with Crippen molar-refractivity contribution < 1.29 is 32.6 Å². The molecule has 3 aromatic heterocycles. The largest absolute Gasteiger partial charge is 0.504 e. The number of rotatable bonds is 7. The van der Waals surface area contributed by atoms with Crippen LogP contribution in [0.25, 0.3) is 11.4 Å². The maximum atomic E-state index is 14.4. The molecule has 0 spiro atoms. The molecular formula is C33H33ClF3N9O5. The first-order chi connectivity index (χ1) is 24.3. The van der Waals surface area contributed by atoms with Gasteiger partial charge in [0.25, 0.3) is 11.5 Å². The second-order valence-corrected chi connectivity index (χ2v) is 13.3. The molecule has 0 radical (unpaired) electrons. The smallest absolute Gasteiger partial charge is 0.416 e. The first kappa shape index (κ1) is 34.4. The second-order valence-electron chi connectivity index (χ2n) is 12.9. The highest BCUT2D eigenvalue weighted by atomic mass is 35.5. The summed E-state index contributed by atoms with van der Waals surface area (Å²) >= 11 is 6.45. The number of amides is 2. The number of ether oxygens (including phenoxy) is 1. The summed E-state index contributed by atoms with van der Waals surface area (Å²) in [6.45, 7) is 5.50. The Kier molecular flexibility index (Phi) is 8.73. The summed E-state index contributed by atoms with van der Waals surface area (Å²) in [6, 6.07) is 1.20. The van der Waals surface area contributed by atoms with Gasteiger partial charge in [-0.1, -0.05) is 30.7 Å². The van der Waals surface area contributed by atoms with Gasteiger partial charge in [-0.25, -0.2) is 9.97 Å². The van der Waals surface area contributed by atoms with Gasteiger partial charge in [-0.15, -0.1) is 5.10 Å². The molecule has 2 fully saturated rings. The molecule has 4 aromatic rings. The standard InChI is InChI=1S/C33H33ClF3N9O5/c1-3-23-26(43-11-18-13-44(14-19(18)12-43)30(49)24-27(47)16(2)39-15-40-24)31(50)46-32(41-29(42-46)17-6-8-51-9-7-17)45(23)25(28(38)48)21-5-4-20(10-22(21)34)33(35,36)37/h4-6,10,15,18-19,25,47H,3,7-9,11-14H2,1-2H3,(H2,38,48)/t18-,19+,25?. The molecule has 7 rings (SSSR count). The molecule has 0 bridgehead atoms. The Balaban J connectivity index is 1.33. The second kappa shape index (κ2) is 12.9. The van der Waals surface area contributed by atoms with E-state index in [9.17, 15) is 32.7 Å². The lowest BCUT2D eigenvalue weighted by molar-refractivity contribution is -0.137. The van der Waals surface area contributed by atoms with Crippen LogP contribution in [0.1, 0.15) is 58.2 Å². The number of fused-ring (bicyclic) bond motifs is 2. The monoisotopic (exact) mass is 727 g/mol. The van der Waals surface area contributed by atoms with Gasteiger partial charge < -0.3 is 25.4 Å². The summed E-state index contributed by atoms with van der Waals surface area (Å²) in [5.74, 6) is -1.53. The van der Waals surface area contributed by atoms with Crippen LogP contribution in [0.3, 0.4) is 0 Å². The van der Waals surface area contributed by atoms with E-state index in [2.05, 4.69) is 20.1 Å². The molecule has 3 N–H and O–H groups in total. The van der Waals surface area contributed by atoms with Gasteiger partial charge >= 0.3 is 6.18 Å². The van der Waals surface area contributed by atoms with Crippen LogP contribution in [0.4, 0.5) is 18.9 Å². The van der Waals surface area contributed by atoms with E-state index in [1.54, 1.807) is 24.8 Å². The van der Waals surface area contributed by atoms with Crippen LogP contribution in [0, 0.1) is 18.8 Å². The highest BCUT2D eigenvalue weighted by Gasteiger charge is 2.44. The van der Waals surface area contributed by atoms with Gasteiger partial charge in [-0.2, -0.15) is 22.7 Å². The molecule has 0 aliphatic carbocycles. The zero-order valence-electron chi connectivity index (χ0n) is 27.5. The third-order valence-corrected chi connectivity index (χ3v) is 10.1. The summed E-state index contributed by atoms with van der Waals surface area (Å²) in [5, 5.41) is 14.6. The Bertz CT molecular complexity index is 2150. The maximum absolute atomic E-state index is 14.4. The van der Waals surface area contributed by atoms with Gasteiger partial charge in [0.2, 0.25) is 11.7 Å². The minimum absolute atomic E-state index is 0.00569. The lowest BCUT2D eigenvalue weighted by atomic mass is 10.0. The number of nitrogens with two attached hydrogens (primary N) is 1. The normalized spacial score (nSPS) is 19.8. The average Bonchev–Trinajstić information content (AvgIpc) is 3.81. The van der Waals surface area contributed by atoms with Crippen LogP contribution in [0.5, 0.6) is 5.75 Å². The van der Waals surface area contributed by atoms with E-state index >= 15 is 0 Å². The summed E-state index contributed by atoms with van der Waals surface area (Å²) in [5.41, 5.74) is 6.02. The van der Waals surface area contributed by atoms with Crippen molar-refractivity contribution in [2.24, 2.45) is 17.6 Å². The number of anilines is 1. The molecule has 1 aromatic carbocycles. The molecule has 1 unspecified atom stereocenters. The van der Waals surface area contributed by atoms with E-state index in [0.29, 0.717) is 51.5 Å². The molecule has 6 heterocycles. The quantitative estimate of drug-likeness (QED) is 0.288. The summed E-state index contributed by atoms with van der Waals surface area (Å²) < 4.78 is 48.7. The zero-order chi connectivity index (χ0) is 36.4. The molecule has 18 heteroatoms. The Morgan fingerprint density at radius 1 is 1.16 bits per heavy atom. The number of carbonyl (C=O) groups excluding carboxylic acids is 2. The highest BCUT2D eigenvalue weighted by Crippen LogP contribution is 2.39. The molecule has 0 saturated carbocycles. The van der Waals surface area contributed by atoms with Crippen LogP contribution in [-0.4, -0.2) is 90.3 Å². The number of aryl methyl sites for hydroxylation is 1. The average molecular weight is 728 g/mol. The van der Waals surface area contributed by atoms with E-state index in [-0.39, 0.29) is 63.3 Å². The molecule has 3 atom stereocenters. The molecule has 2 amide bonds. The van der Waals surface area contributed by atoms with Crippen molar-refractivity contribution in [1.82, 2.24) is 34.0 Å². The lowest BCUT2D eigenvalue weighted by Crippen LogP contribution is -2.39. The fraction of sp³-hybridized carbons (Fsp3) is 0.424. The minimum Gasteiger partial charge on any atom is -0.504 e. The first-order valence-electron chi connectivity index (χ1n) is 16.3. The van der Waals surface area contributed by atoms with Crippen molar-refractivity contribution in [3.05, 3.63) is 80.0 Å². The van der Waals surface area contributed by atoms with Gasteiger partial charge in [-0.05, 0) is 37.5 Å². The molecule has 14 nitrogen and oxygen atoms in total. The number of hydrogen-bond acceptors (Lipinski definition) is 10. The minimum atomic E-state index is -4.68. The molecule has 3 aliphatic heterocycles. The number of hydrogen-bond donors (Lipinski definition) is 2. The third kappa shape index (κ3) is 5.97. The van der Waals surface area contributed by atoms with Crippen molar-refractivity contribution in [2.45, 2.75) is 38.9 Å². The van der Waals surface area contributed by atoms with E-state index in [0.717, 1.165) is 28.3 Å². The molecular weight excluding hydrogens is 695 g/mol. The van der Waals surface area contributed by atoms with Gasteiger partial charge in [-0.3, -0.25) is 19.0 Å². The van der Waals surface area contributed by atoms with Crippen LogP contribution in [-0.2, 0) is 22.1 Å². The van der Waals surface area contributed by atoms with Gasteiger partial charge in [0.15, 0.2) is 17.3 Å². The van der Waals surface area contributed by atoms with E-state index in [1.165, 1.54) is 10.9 Å². The number of halogens is 4. The number of aromatic hydroxyl groups is 1. The van der Waals surface area contributed by atoms with Gasteiger partial charge in [0.05, 0.1) is 30.2 Å². The van der Waals surface area contributed by atoms with Crippen molar-refractivity contribution in [1.29, 1.82) is 0 Å². The number of primary amides is 1. The summed E-state index contributed by atoms with van der Waals surface area (Å²) in [7, 11) is 0. The van der Waals surface area contributed by atoms with E-state index in [1.807, 2.05) is 4.90 Å². The van der Waals surface area contributed by atoms with Gasteiger partial charge in [0.1, 0.15) is 18.1 Å². The Labute approximate surface area is 293 Å². The van der Waals surface area contributed by atoms with E-state index in [4.69, 9.17) is 22.1 Å². The van der Waals surface area contributed by atoms with Crippen LogP contribution in [0.2, 0.25) is 5.02 Å². The Morgan fingerprint density at radius 3 is 2.49 bits per heavy atom. The summed E-state index contributed by atoms with van der Waals surface area (Å²) in [6.07, 6.45) is -0.994. The predicted octanol–water partition coefficient (Wildman–Crippen LogP) is 3.02. The number of nitrogens with zero attached hydrogens (tertiary/aromatic N) is 8. The SMILES string of the molecule is CCc1c(N2C[C@H]3CN(C(=O)c4ncnc(C)c4O)C[C@H]3C2)c(=O)n2nc(C3=CCOCC3)nc2n1C(C(N)=O)c1ccc(C(F)(F)F)cc1Cl.